The number of hydrogen-bond donors (Lipinski definition) is 3. The summed E-state index contributed by atoms with van der Waals surface area (Å²) < 4.78 is 1.47. The smallest absolute Gasteiger partial charge is 0.241 e. The number of nitrogens with zero attached hydrogens (tertiary/aromatic N) is 2. The summed E-state index contributed by atoms with van der Waals surface area (Å²) in [5, 5.41) is 12.3. The molecule has 0 aromatic carbocycles. The maximum atomic E-state index is 11.5. The van der Waals surface area contributed by atoms with E-state index in [0.717, 1.165) is 6.54 Å². The molecular formula is C11H19N5O2. The molecule has 0 aliphatic carbocycles. The molecule has 7 nitrogen and oxygen atoms in total. The van der Waals surface area contributed by atoms with Crippen molar-refractivity contribution in [1.82, 2.24) is 20.4 Å². The van der Waals surface area contributed by atoms with E-state index in [4.69, 9.17) is 0 Å². The second kappa shape index (κ2) is 7.44. The van der Waals surface area contributed by atoms with Gasteiger partial charge in [-0.15, -0.1) is 0 Å². The number of rotatable bonds is 7. The Morgan fingerprint density at radius 2 is 2.17 bits per heavy atom. The highest BCUT2D eigenvalue weighted by Crippen LogP contribution is 2.04. The first-order chi connectivity index (χ1) is 8.65. The lowest BCUT2D eigenvalue weighted by Crippen LogP contribution is -2.23. The monoisotopic (exact) mass is 253 g/mol. The lowest BCUT2D eigenvalue weighted by Gasteiger charge is -2.02. The molecule has 0 unspecified atom stereocenters. The quantitative estimate of drug-likeness (QED) is 0.575. The Balaban J connectivity index is 2.38. The summed E-state index contributed by atoms with van der Waals surface area (Å²) in [5.74, 6) is -0.210. The highest BCUT2D eigenvalue weighted by Gasteiger charge is 2.05. The van der Waals surface area contributed by atoms with E-state index in [2.05, 4.69) is 21.0 Å². The molecule has 1 aromatic heterocycles. The van der Waals surface area contributed by atoms with Gasteiger partial charge in [-0.1, -0.05) is 6.92 Å². The van der Waals surface area contributed by atoms with E-state index in [1.165, 1.54) is 10.9 Å². The molecule has 1 rings (SSSR count). The molecule has 0 radical (unpaired) electrons. The van der Waals surface area contributed by atoms with Crippen molar-refractivity contribution in [2.24, 2.45) is 0 Å². The second-order valence-electron chi connectivity index (χ2n) is 3.75. The molecule has 7 heteroatoms. The Bertz CT molecular complexity index is 402. The third-order valence-electron chi connectivity index (χ3n) is 2.28. The van der Waals surface area contributed by atoms with Crippen molar-refractivity contribution in [2.75, 3.05) is 25.5 Å². The van der Waals surface area contributed by atoms with Crippen LogP contribution in [0.4, 0.5) is 5.69 Å². The van der Waals surface area contributed by atoms with Crippen LogP contribution in [0.25, 0.3) is 0 Å². The number of nitrogens with one attached hydrogen (secondary N) is 3. The Morgan fingerprint density at radius 1 is 1.39 bits per heavy atom. The zero-order valence-electron chi connectivity index (χ0n) is 10.7. The molecule has 18 heavy (non-hydrogen) atoms. The van der Waals surface area contributed by atoms with Gasteiger partial charge in [0.2, 0.25) is 11.8 Å². The van der Waals surface area contributed by atoms with Crippen molar-refractivity contribution in [3.63, 3.8) is 0 Å². The van der Waals surface area contributed by atoms with Crippen molar-refractivity contribution >= 4 is 17.5 Å². The fourth-order valence-electron chi connectivity index (χ4n) is 1.34. The third-order valence-corrected chi connectivity index (χ3v) is 2.28. The first-order valence-corrected chi connectivity index (χ1v) is 5.89. The fourth-order valence-corrected chi connectivity index (χ4v) is 1.34. The van der Waals surface area contributed by atoms with Gasteiger partial charge >= 0.3 is 0 Å². The topological polar surface area (TPSA) is 88.1 Å². The summed E-state index contributed by atoms with van der Waals surface area (Å²) in [6.45, 7) is 3.62. The maximum Gasteiger partial charge on any atom is 0.241 e. The number of carbonyl (C=O) groups excluding carboxylic acids is 2. The van der Waals surface area contributed by atoms with Gasteiger partial charge in [-0.3, -0.25) is 14.3 Å². The van der Waals surface area contributed by atoms with E-state index in [-0.39, 0.29) is 18.4 Å². The standard InChI is InChI=1S/C11H19N5O2/c1-3-13-5-4-10(17)15-9-6-14-16(7-9)8-11(18)12-2/h6-7,13H,3-5,8H2,1-2H3,(H,12,18)(H,15,17). The average Bonchev–Trinajstić information content (AvgIpc) is 2.76. The SMILES string of the molecule is CCNCCC(=O)Nc1cnn(CC(=O)NC)c1. The molecule has 0 saturated carbocycles. The van der Waals surface area contributed by atoms with Crippen LogP contribution in [0.5, 0.6) is 0 Å². The number of anilines is 1. The van der Waals surface area contributed by atoms with Crippen molar-refractivity contribution in [3.8, 4) is 0 Å². The zero-order chi connectivity index (χ0) is 13.4. The second-order valence-corrected chi connectivity index (χ2v) is 3.75. The maximum absolute atomic E-state index is 11.5. The van der Waals surface area contributed by atoms with Gasteiger partial charge in [0.05, 0.1) is 11.9 Å². The van der Waals surface area contributed by atoms with Crippen molar-refractivity contribution in [3.05, 3.63) is 12.4 Å². The minimum atomic E-state index is -0.136. The lowest BCUT2D eigenvalue weighted by molar-refractivity contribution is -0.121. The number of aromatic nitrogens is 2. The molecule has 1 aromatic rings. The van der Waals surface area contributed by atoms with Gasteiger partial charge in [-0.2, -0.15) is 5.10 Å². The van der Waals surface area contributed by atoms with E-state index in [1.807, 2.05) is 6.92 Å². The van der Waals surface area contributed by atoms with Crippen LogP contribution in [0.3, 0.4) is 0 Å². The Kier molecular flexibility index (Phi) is 5.86. The summed E-state index contributed by atoms with van der Waals surface area (Å²) in [4.78, 5) is 22.6. The highest BCUT2D eigenvalue weighted by atomic mass is 16.2. The fraction of sp³-hybridized carbons (Fsp3) is 0.545. The molecule has 0 aliphatic heterocycles. The lowest BCUT2D eigenvalue weighted by atomic mass is 10.4. The largest absolute Gasteiger partial charge is 0.358 e. The summed E-state index contributed by atoms with van der Waals surface area (Å²) >= 11 is 0. The van der Waals surface area contributed by atoms with E-state index < -0.39 is 0 Å². The van der Waals surface area contributed by atoms with Crippen molar-refractivity contribution < 1.29 is 9.59 Å². The normalized spacial score (nSPS) is 10.1. The Hall–Kier alpha value is -1.89. The first-order valence-electron chi connectivity index (χ1n) is 5.89. The van der Waals surface area contributed by atoms with Crippen molar-refractivity contribution in [1.29, 1.82) is 0 Å². The van der Waals surface area contributed by atoms with E-state index >= 15 is 0 Å². The van der Waals surface area contributed by atoms with Crippen LogP contribution in [-0.2, 0) is 16.1 Å². The molecule has 1 heterocycles. The van der Waals surface area contributed by atoms with Crippen LogP contribution < -0.4 is 16.0 Å². The van der Waals surface area contributed by atoms with E-state index in [0.29, 0.717) is 18.7 Å². The minimum Gasteiger partial charge on any atom is -0.358 e. The molecule has 0 aliphatic rings. The Morgan fingerprint density at radius 3 is 2.83 bits per heavy atom. The van der Waals surface area contributed by atoms with Gasteiger partial charge < -0.3 is 16.0 Å². The molecule has 0 saturated heterocycles. The van der Waals surface area contributed by atoms with Crippen LogP contribution >= 0.6 is 0 Å². The summed E-state index contributed by atoms with van der Waals surface area (Å²) in [6, 6.07) is 0. The highest BCUT2D eigenvalue weighted by molar-refractivity contribution is 5.90. The van der Waals surface area contributed by atoms with Crippen LogP contribution in [0.1, 0.15) is 13.3 Å². The molecule has 2 amide bonds. The van der Waals surface area contributed by atoms with Crippen LogP contribution in [0, 0.1) is 0 Å². The summed E-state index contributed by atoms with van der Waals surface area (Å²) in [6.07, 6.45) is 3.56. The molecule has 3 N–H and O–H groups in total. The predicted octanol–water partition coefficient (Wildman–Crippen LogP) is -0.433. The number of amides is 2. The number of likely N-dealkylation sites (N-methyl/N-ethyl adjacent to an activating group) is 1. The van der Waals surface area contributed by atoms with Gasteiger partial charge in [-0.25, -0.2) is 0 Å². The number of hydrogen-bond acceptors (Lipinski definition) is 4. The average molecular weight is 253 g/mol. The van der Waals surface area contributed by atoms with Gasteiger partial charge in [0, 0.05) is 26.2 Å². The van der Waals surface area contributed by atoms with Crippen molar-refractivity contribution in [2.45, 2.75) is 19.9 Å². The minimum absolute atomic E-state index is 0.0737. The Labute approximate surface area is 106 Å². The van der Waals surface area contributed by atoms with Gasteiger partial charge in [0.15, 0.2) is 0 Å². The van der Waals surface area contributed by atoms with Crippen LogP contribution in [-0.4, -0.2) is 41.7 Å². The third kappa shape index (κ3) is 4.96. The van der Waals surface area contributed by atoms with Crippen LogP contribution in [0.15, 0.2) is 12.4 Å². The molecule has 0 atom stereocenters. The molecule has 0 spiro atoms. The molecule has 100 valence electrons. The molecule has 0 bridgehead atoms. The molecular weight excluding hydrogens is 234 g/mol. The molecule has 0 fully saturated rings. The van der Waals surface area contributed by atoms with Gasteiger partial charge in [0.1, 0.15) is 6.54 Å². The van der Waals surface area contributed by atoms with Gasteiger partial charge in [0.25, 0.3) is 0 Å². The first kappa shape index (κ1) is 14.2. The predicted molar refractivity (Wildman–Crippen MR) is 68.1 cm³/mol. The zero-order valence-corrected chi connectivity index (χ0v) is 10.7. The van der Waals surface area contributed by atoms with E-state index in [9.17, 15) is 9.59 Å². The van der Waals surface area contributed by atoms with Gasteiger partial charge in [-0.05, 0) is 6.54 Å². The summed E-state index contributed by atoms with van der Waals surface area (Å²) in [7, 11) is 1.56. The van der Waals surface area contributed by atoms with Crippen LogP contribution in [0.2, 0.25) is 0 Å². The van der Waals surface area contributed by atoms with E-state index in [1.54, 1.807) is 13.2 Å². The summed E-state index contributed by atoms with van der Waals surface area (Å²) in [5.41, 5.74) is 0.598. The number of carbonyl (C=O) groups is 2.